The first-order valence-corrected chi connectivity index (χ1v) is 8.53. The molecule has 0 spiro atoms. The fourth-order valence-corrected chi connectivity index (χ4v) is 2.96. The van der Waals surface area contributed by atoms with E-state index in [0.29, 0.717) is 0 Å². The van der Waals surface area contributed by atoms with Crippen molar-refractivity contribution in [2.75, 3.05) is 0 Å². The first-order chi connectivity index (χ1) is 11.9. The van der Waals surface area contributed by atoms with Crippen LogP contribution in [0.4, 0.5) is 13.2 Å². The first-order valence-electron chi connectivity index (χ1n) is 8.15. The summed E-state index contributed by atoms with van der Waals surface area (Å²) in [6.45, 7) is 6.25. The van der Waals surface area contributed by atoms with Gasteiger partial charge in [0, 0.05) is 0 Å². The summed E-state index contributed by atoms with van der Waals surface area (Å²) >= 11 is 5.65. The molecule has 0 saturated heterocycles. The topological polar surface area (TPSA) is 43.1 Å². The molecular weight excluding hydrogens is 363 g/mol. The summed E-state index contributed by atoms with van der Waals surface area (Å²) in [7, 11) is 0. The van der Waals surface area contributed by atoms with E-state index in [0.717, 1.165) is 23.3 Å². The quantitative estimate of drug-likeness (QED) is 0.747. The number of alkyl halides is 3. The first kappa shape index (κ1) is 20.3. The molecule has 2 nitrogen and oxygen atoms in total. The van der Waals surface area contributed by atoms with Crippen molar-refractivity contribution in [2.45, 2.75) is 44.7 Å². The highest BCUT2D eigenvalue weighted by atomic mass is 35.5. The molecule has 2 aromatic carbocycles. The Balaban J connectivity index is 2.34. The molecule has 0 aliphatic carbocycles. The van der Waals surface area contributed by atoms with E-state index in [9.17, 15) is 18.0 Å². The minimum Gasteiger partial charge on any atom is -0.369 e. The highest BCUT2D eigenvalue weighted by Gasteiger charge is 2.34. The monoisotopic (exact) mass is 383 g/mol. The van der Waals surface area contributed by atoms with Crippen molar-refractivity contribution in [1.82, 2.24) is 0 Å². The van der Waals surface area contributed by atoms with Crippen LogP contribution in [0.3, 0.4) is 0 Å². The van der Waals surface area contributed by atoms with Crippen molar-refractivity contribution < 1.29 is 18.0 Å². The van der Waals surface area contributed by atoms with Crippen LogP contribution in [0, 0.1) is 0 Å². The summed E-state index contributed by atoms with van der Waals surface area (Å²) in [5.74, 6) is -1.55. The Morgan fingerprint density at radius 3 is 2.12 bits per heavy atom. The molecule has 0 fully saturated rings. The number of amides is 1. The average molecular weight is 384 g/mol. The minimum atomic E-state index is -4.59. The van der Waals surface area contributed by atoms with Gasteiger partial charge in [-0.2, -0.15) is 13.2 Å². The molecule has 0 saturated carbocycles. The molecule has 0 aromatic heterocycles. The summed E-state index contributed by atoms with van der Waals surface area (Å²) < 4.78 is 39.2. The van der Waals surface area contributed by atoms with Crippen LogP contribution in [-0.4, -0.2) is 5.91 Å². The lowest BCUT2D eigenvalue weighted by Crippen LogP contribution is -2.24. The molecule has 1 amide bonds. The number of carbonyl (C=O) groups excluding carboxylic acids is 1. The summed E-state index contributed by atoms with van der Waals surface area (Å²) in [4.78, 5) is 11.9. The third kappa shape index (κ3) is 4.79. The molecule has 2 rings (SSSR count). The van der Waals surface area contributed by atoms with Crippen molar-refractivity contribution in [1.29, 1.82) is 0 Å². The van der Waals surface area contributed by atoms with Gasteiger partial charge in [-0.05, 0) is 40.7 Å². The Kier molecular flexibility index (Phi) is 5.71. The van der Waals surface area contributed by atoms with Crippen LogP contribution in [0.25, 0.3) is 0 Å². The van der Waals surface area contributed by atoms with E-state index in [4.69, 9.17) is 17.3 Å². The van der Waals surface area contributed by atoms with Crippen molar-refractivity contribution in [3.05, 3.63) is 69.7 Å². The van der Waals surface area contributed by atoms with Gasteiger partial charge in [-0.15, -0.1) is 0 Å². The van der Waals surface area contributed by atoms with Crippen molar-refractivity contribution in [3.63, 3.8) is 0 Å². The Hall–Kier alpha value is -2.01. The lowest BCUT2D eigenvalue weighted by molar-refractivity contribution is -0.137. The number of hydrogen-bond donors (Lipinski definition) is 1. The lowest BCUT2D eigenvalue weighted by Gasteiger charge is -2.20. The third-order valence-electron chi connectivity index (χ3n) is 4.30. The SMILES string of the molecule is CC(C)(C)c1ccc(CC(C(N)=O)c2ccc(Cl)c(C(F)(F)F)c2)cc1. The molecule has 0 aliphatic heterocycles. The minimum absolute atomic E-state index is 0.0145. The van der Waals surface area contributed by atoms with Crippen LogP contribution in [0.15, 0.2) is 42.5 Å². The third-order valence-corrected chi connectivity index (χ3v) is 4.63. The van der Waals surface area contributed by atoms with Gasteiger partial charge in [0.2, 0.25) is 5.91 Å². The van der Waals surface area contributed by atoms with Crippen molar-refractivity contribution >= 4 is 17.5 Å². The van der Waals surface area contributed by atoms with Gasteiger partial charge in [0.05, 0.1) is 16.5 Å². The molecule has 2 N–H and O–H groups in total. The molecule has 140 valence electrons. The molecule has 26 heavy (non-hydrogen) atoms. The van der Waals surface area contributed by atoms with E-state index in [1.54, 1.807) is 0 Å². The Morgan fingerprint density at radius 2 is 1.65 bits per heavy atom. The molecule has 0 bridgehead atoms. The predicted octanol–water partition coefficient (Wildman–Crippen LogP) is 5.47. The molecule has 0 aliphatic rings. The number of rotatable bonds is 4. The Labute approximate surface area is 156 Å². The van der Waals surface area contributed by atoms with Crippen LogP contribution in [0.2, 0.25) is 5.02 Å². The number of benzene rings is 2. The standard InChI is InChI=1S/C20H21ClF3NO/c1-19(2,3)14-7-4-12(5-8-14)10-15(18(25)26)13-6-9-17(21)16(11-13)20(22,23)24/h4-9,11,15H,10H2,1-3H3,(H2,25,26). The highest BCUT2D eigenvalue weighted by Crippen LogP contribution is 2.37. The Bertz CT molecular complexity index is 792. The highest BCUT2D eigenvalue weighted by molar-refractivity contribution is 6.31. The summed E-state index contributed by atoms with van der Waals surface area (Å²) in [6.07, 6.45) is -4.37. The number of halogens is 4. The molecular formula is C20H21ClF3NO. The predicted molar refractivity (Wildman–Crippen MR) is 97.2 cm³/mol. The fraction of sp³-hybridized carbons (Fsp3) is 0.350. The molecule has 2 aromatic rings. The zero-order chi connectivity index (χ0) is 19.7. The maximum atomic E-state index is 13.1. The fourth-order valence-electron chi connectivity index (χ4n) is 2.74. The average Bonchev–Trinajstić information content (AvgIpc) is 2.51. The second kappa shape index (κ2) is 7.31. The maximum absolute atomic E-state index is 13.1. The van der Waals surface area contributed by atoms with Gasteiger partial charge < -0.3 is 5.73 Å². The number of primary amides is 1. The van der Waals surface area contributed by atoms with Crippen LogP contribution in [0.1, 0.15) is 48.9 Å². The van der Waals surface area contributed by atoms with Gasteiger partial charge in [-0.3, -0.25) is 4.79 Å². The van der Waals surface area contributed by atoms with Gasteiger partial charge in [0.25, 0.3) is 0 Å². The second-order valence-electron chi connectivity index (χ2n) is 7.34. The van der Waals surface area contributed by atoms with Crippen LogP contribution in [0.5, 0.6) is 0 Å². The molecule has 1 atom stereocenters. The zero-order valence-corrected chi connectivity index (χ0v) is 15.6. The molecule has 0 heterocycles. The van der Waals surface area contributed by atoms with Crippen LogP contribution in [-0.2, 0) is 22.8 Å². The van der Waals surface area contributed by atoms with Gasteiger partial charge in [0.1, 0.15) is 0 Å². The maximum Gasteiger partial charge on any atom is 0.417 e. The number of carbonyl (C=O) groups is 1. The Morgan fingerprint density at radius 1 is 1.08 bits per heavy atom. The van der Waals surface area contributed by atoms with Gasteiger partial charge >= 0.3 is 6.18 Å². The number of hydrogen-bond acceptors (Lipinski definition) is 1. The molecule has 6 heteroatoms. The van der Waals surface area contributed by atoms with Gasteiger partial charge in [0.15, 0.2) is 0 Å². The smallest absolute Gasteiger partial charge is 0.369 e. The summed E-state index contributed by atoms with van der Waals surface area (Å²) in [5.41, 5.74) is 6.63. The van der Waals surface area contributed by atoms with E-state index in [1.807, 2.05) is 24.3 Å². The van der Waals surface area contributed by atoms with E-state index in [1.165, 1.54) is 6.07 Å². The lowest BCUT2D eigenvalue weighted by atomic mass is 9.85. The van der Waals surface area contributed by atoms with Crippen LogP contribution < -0.4 is 5.73 Å². The van der Waals surface area contributed by atoms with Gasteiger partial charge in [-0.25, -0.2) is 0 Å². The summed E-state index contributed by atoms with van der Waals surface area (Å²) in [6, 6.07) is 11.1. The van der Waals surface area contributed by atoms with E-state index < -0.39 is 28.6 Å². The van der Waals surface area contributed by atoms with E-state index in [2.05, 4.69) is 20.8 Å². The second-order valence-corrected chi connectivity index (χ2v) is 7.75. The summed E-state index contributed by atoms with van der Waals surface area (Å²) in [5, 5.41) is -0.404. The molecule has 1 unspecified atom stereocenters. The zero-order valence-electron chi connectivity index (χ0n) is 14.8. The van der Waals surface area contributed by atoms with E-state index in [-0.39, 0.29) is 17.4 Å². The van der Waals surface area contributed by atoms with Crippen LogP contribution >= 0.6 is 11.6 Å². The van der Waals surface area contributed by atoms with Gasteiger partial charge in [-0.1, -0.05) is 62.7 Å². The van der Waals surface area contributed by atoms with E-state index >= 15 is 0 Å². The van der Waals surface area contributed by atoms with Crippen molar-refractivity contribution in [3.8, 4) is 0 Å². The largest absolute Gasteiger partial charge is 0.417 e. The van der Waals surface area contributed by atoms with Crippen molar-refractivity contribution in [2.24, 2.45) is 5.73 Å². The molecule has 0 radical (unpaired) electrons. The normalized spacial score (nSPS) is 13.5. The number of nitrogens with two attached hydrogens (primary N) is 1.